The molecule has 1 heterocycles. The van der Waals surface area contributed by atoms with Crippen molar-refractivity contribution < 1.29 is 4.79 Å². The first-order valence-corrected chi connectivity index (χ1v) is 5.60. The molecule has 88 valence electrons. The fourth-order valence-corrected chi connectivity index (χ4v) is 1.23. The number of pyridine rings is 1. The first kappa shape index (κ1) is 13.0. The lowest BCUT2D eigenvalue weighted by atomic mass is 9.88. The zero-order valence-corrected chi connectivity index (χ0v) is 10.8. The average Bonchev–Trinajstić information content (AvgIpc) is 2.16. The zero-order chi connectivity index (χ0) is 12.3. The van der Waals surface area contributed by atoms with Crippen LogP contribution in [-0.4, -0.2) is 16.9 Å². The van der Waals surface area contributed by atoms with Gasteiger partial charge >= 0.3 is 0 Å². The standard InChI is InChI=1S/C12H17ClN2O/c1-8(12(2,3)4)15-11(16)9-7-14-6-5-10(9)13/h5-8H,1-4H3,(H,15,16). The van der Waals surface area contributed by atoms with E-state index in [9.17, 15) is 4.79 Å². The summed E-state index contributed by atoms with van der Waals surface area (Å²) in [5.41, 5.74) is 0.435. The molecule has 0 aliphatic carbocycles. The molecule has 3 nitrogen and oxygen atoms in total. The van der Waals surface area contributed by atoms with E-state index in [1.165, 1.54) is 6.20 Å². The van der Waals surface area contributed by atoms with Gasteiger partial charge in [0.25, 0.3) is 5.91 Å². The van der Waals surface area contributed by atoms with Gasteiger partial charge in [-0.25, -0.2) is 0 Å². The Morgan fingerprint density at radius 3 is 2.62 bits per heavy atom. The van der Waals surface area contributed by atoms with Gasteiger partial charge in [0.2, 0.25) is 0 Å². The van der Waals surface area contributed by atoms with Gasteiger partial charge in [-0.05, 0) is 18.4 Å². The van der Waals surface area contributed by atoms with Crippen molar-refractivity contribution in [1.29, 1.82) is 0 Å². The molecule has 0 saturated carbocycles. The quantitative estimate of drug-likeness (QED) is 0.864. The summed E-state index contributed by atoms with van der Waals surface area (Å²) in [4.78, 5) is 15.8. The number of hydrogen-bond donors (Lipinski definition) is 1. The largest absolute Gasteiger partial charge is 0.349 e. The van der Waals surface area contributed by atoms with E-state index in [-0.39, 0.29) is 17.4 Å². The minimum Gasteiger partial charge on any atom is -0.349 e. The third-order valence-electron chi connectivity index (χ3n) is 2.66. The molecule has 0 aliphatic rings. The number of nitrogens with zero attached hydrogens (tertiary/aromatic N) is 1. The summed E-state index contributed by atoms with van der Waals surface area (Å²) < 4.78 is 0. The van der Waals surface area contributed by atoms with E-state index in [4.69, 9.17) is 11.6 Å². The summed E-state index contributed by atoms with van der Waals surface area (Å²) in [5.74, 6) is -0.180. The molecule has 0 bridgehead atoms. The molecule has 1 N–H and O–H groups in total. The van der Waals surface area contributed by atoms with Crippen LogP contribution in [0.3, 0.4) is 0 Å². The number of nitrogens with one attached hydrogen (secondary N) is 1. The van der Waals surface area contributed by atoms with Crippen LogP contribution < -0.4 is 5.32 Å². The number of amides is 1. The molecular weight excluding hydrogens is 224 g/mol. The fourth-order valence-electron chi connectivity index (χ4n) is 1.04. The van der Waals surface area contributed by atoms with Crippen LogP contribution in [0.2, 0.25) is 5.02 Å². The van der Waals surface area contributed by atoms with E-state index in [0.717, 1.165) is 0 Å². The first-order valence-electron chi connectivity index (χ1n) is 5.22. The average molecular weight is 241 g/mol. The molecule has 0 saturated heterocycles. The molecule has 1 rings (SSSR count). The second-order valence-electron chi connectivity index (χ2n) is 4.92. The van der Waals surface area contributed by atoms with Crippen molar-refractivity contribution in [2.75, 3.05) is 0 Å². The van der Waals surface area contributed by atoms with Crippen molar-refractivity contribution in [3.63, 3.8) is 0 Å². The Bertz CT molecular complexity index is 385. The van der Waals surface area contributed by atoms with Gasteiger partial charge in [0.15, 0.2) is 0 Å². The van der Waals surface area contributed by atoms with Gasteiger partial charge in [-0.2, -0.15) is 0 Å². The SMILES string of the molecule is CC(NC(=O)c1cnccc1Cl)C(C)(C)C. The number of halogens is 1. The summed E-state index contributed by atoms with van der Waals surface area (Å²) >= 11 is 5.92. The summed E-state index contributed by atoms with van der Waals surface area (Å²) in [6, 6.07) is 1.68. The topological polar surface area (TPSA) is 42.0 Å². The molecular formula is C12H17ClN2O. The van der Waals surface area contributed by atoms with Crippen molar-refractivity contribution in [3.05, 3.63) is 29.0 Å². The smallest absolute Gasteiger partial charge is 0.254 e. The van der Waals surface area contributed by atoms with Crippen LogP contribution in [0.15, 0.2) is 18.5 Å². The van der Waals surface area contributed by atoms with Crippen LogP contribution in [0.25, 0.3) is 0 Å². The van der Waals surface area contributed by atoms with Crippen LogP contribution in [0.4, 0.5) is 0 Å². The second-order valence-corrected chi connectivity index (χ2v) is 5.32. The van der Waals surface area contributed by atoms with E-state index in [0.29, 0.717) is 10.6 Å². The highest BCUT2D eigenvalue weighted by Gasteiger charge is 2.22. The molecule has 1 unspecified atom stereocenters. The van der Waals surface area contributed by atoms with Gasteiger partial charge in [0.1, 0.15) is 0 Å². The van der Waals surface area contributed by atoms with Gasteiger partial charge in [0.05, 0.1) is 10.6 Å². The number of rotatable bonds is 2. The lowest BCUT2D eigenvalue weighted by Crippen LogP contribution is -2.41. The Labute approximate surface area is 101 Å². The Kier molecular flexibility index (Phi) is 3.92. The van der Waals surface area contributed by atoms with Gasteiger partial charge in [-0.15, -0.1) is 0 Å². The molecule has 0 spiro atoms. The molecule has 1 aromatic rings. The molecule has 1 aromatic heterocycles. The molecule has 16 heavy (non-hydrogen) atoms. The van der Waals surface area contributed by atoms with E-state index >= 15 is 0 Å². The maximum atomic E-state index is 11.9. The molecule has 0 aliphatic heterocycles. The van der Waals surface area contributed by atoms with Crippen molar-refractivity contribution in [2.24, 2.45) is 5.41 Å². The number of carbonyl (C=O) groups is 1. The highest BCUT2D eigenvalue weighted by molar-refractivity contribution is 6.33. The van der Waals surface area contributed by atoms with Gasteiger partial charge < -0.3 is 5.32 Å². The highest BCUT2D eigenvalue weighted by Crippen LogP contribution is 2.20. The summed E-state index contributed by atoms with van der Waals surface area (Å²) in [6.07, 6.45) is 3.04. The van der Waals surface area contributed by atoms with E-state index in [2.05, 4.69) is 31.1 Å². The Morgan fingerprint density at radius 2 is 2.12 bits per heavy atom. The predicted octanol–water partition coefficient (Wildman–Crippen LogP) is 2.90. The third-order valence-corrected chi connectivity index (χ3v) is 2.99. The summed E-state index contributed by atoms with van der Waals surface area (Å²) in [7, 11) is 0. The maximum Gasteiger partial charge on any atom is 0.254 e. The number of carbonyl (C=O) groups excluding carboxylic acids is 1. The van der Waals surface area contributed by atoms with Crippen LogP contribution in [-0.2, 0) is 0 Å². The van der Waals surface area contributed by atoms with Crippen LogP contribution in [0.1, 0.15) is 38.1 Å². The normalized spacial score (nSPS) is 13.3. The lowest BCUT2D eigenvalue weighted by Gasteiger charge is -2.28. The molecule has 1 amide bonds. The Morgan fingerprint density at radius 1 is 1.50 bits per heavy atom. The molecule has 4 heteroatoms. The van der Waals surface area contributed by atoms with Crippen molar-refractivity contribution in [2.45, 2.75) is 33.7 Å². The molecule has 1 atom stereocenters. The van der Waals surface area contributed by atoms with Gasteiger partial charge in [0, 0.05) is 18.4 Å². The summed E-state index contributed by atoms with van der Waals surface area (Å²) in [5, 5.41) is 3.34. The van der Waals surface area contributed by atoms with Gasteiger partial charge in [-0.1, -0.05) is 32.4 Å². The minimum atomic E-state index is -0.180. The van der Waals surface area contributed by atoms with Crippen molar-refractivity contribution in [1.82, 2.24) is 10.3 Å². The molecule has 0 fully saturated rings. The third kappa shape index (κ3) is 3.20. The van der Waals surface area contributed by atoms with Crippen LogP contribution in [0.5, 0.6) is 0 Å². The van der Waals surface area contributed by atoms with E-state index < -0.39 is 0 Å². The fraction of sp³-hybridized carbons (Fsp3) is 0.500. The molecule has 0 aromatic carbocycles. The van der Waals surface area contributed by atoms with Crippen molar-refractivity contribution in [3.8, 4) is 0 Å². The number of hydrogen-bond acceptors (Lipinski definition) is 2. The van der Waals surface area contributed by atoms with Gasteiger partial charge in [-0.3, -0.25) is 9.78 Å². The second kappa shape index (κ2) is 4.83. The monoisotopic (exact) mass is 240 g/mol. The highest BCUT2D eigenvalue weighted by atomic mass is 35.5. The zero-order valence-electron chi connectivity index (χ0n) is 10.0. The van der Waals surface area contributed by atoms with E-state index in [1.54, 1.807) is 12.3 Å². The lowest BCUT2D eigenvalue weighted by molar-refractivity contribution is 0.0910. The Balaban J connectivity index is 2.78. The predicted molar refractivity (Wildman–Crippen MR) is 65.6 cm³/mol. The van der Waals surface area contributed by atoms with Crippen molar-refractivity contribution >= 4 is 17.5 Å². The maximum absolute atomic E-state index is 11.9. The van der Waals surface area contributed by atoms with Crippen LogP contribution >= 0.6 is 11.6 Å². The van der Waals surface area contributed by atoms with Crippen LogP contribution in [0, 0.1) is 5.41 Å². The summed E-state index contributed by atoms with van der Waals surface area (Å²) in [6.45, 7) is 8.19. The number of aromatic nitrogens is 1. The molecule has 0 radical (unpaired) electrons. The first-order chi connectivity index (χ1) is 7.32. The Hall–Kier alpha value is -1.09. The van der Waals surface area contributed by atoms with E-state index in [1.807, 2.05) is 6.92 Å². The minimum absolute atomic E-state index is 0.0182.